The van der Waals surface area contributed by atoms with E-state index in [1.165, 1.54) is 43.0 Å². The molecule has 0 radical (unpaired) electrons. The molecule has 5 heteroatoms. The molecular formula is C36H48Cl3SiTi-. The summed E-state index contributed by atoms with van der Waals surface area (Å²) < 4.78 is 0. The van der Waals surface area contributed by atoms with Gasteiger partial charge in [0.05, 0.1) is 0 Å². The Labute approximate surface area is 285 Å². The molecule has 1 atom stereocenters. The van der Waals surface area contributed by atoms with Crippen LogP contribution >= 0.6 is 37.2 Å². The van der Waals surface area contributed by atoms with Crippen molar-refractivity contribution in [2.75, 3.05) is 0 Å². The van der Waals surface area contributed by atoms with Gasteiger partial charge in [-0.1, -0.05) is 141 Å². The second-order valence-corrected chi connectivity index (χ2v) is 15.5. The predicted octanol–water partition coefficient (Wildman–Crippen LogP) is 9.43. The van der Waals surface area contributed by atoms with Gasteiger partial charge in [0.2, 0.25) is 0 Å². The molecule has 0 heterocycles. The van der Waals surface area contributed by atoms with E-state index in [0.717, 1.165) is 12.8 Å². The summed E-state index contributed by atoms with van der Waals surface area (Å²) in [7, 11) is -2.63. The van der Waals surface area contributed by atoms with Crippen molar-refractivity contribution in [2.24, 2.45) is 5.92 Å². The van der Waals surface area contributed by atoms with Crippen molar-refractivity contribution in [3.05, 3.63) is 112 Å². The van der Waals surface area contributed by atoms with Gasteiger partial charge in [-0.2, -0.15) is 11.6 Å². The van der Waals surface area contributed by atoms with Gasteiger partial charge < -0.3 is 0 Å². The van der Waals surface area contributed by atoms with Gasteiger partial charge in [0.25, 0.3) is 0 Å². The average molecular weight is 663 g/mol. The monoisotopic (exact) mass is 661 g/mol. The van der Waals surface area contributed by atoms with Crippen molar-refractivity contribution < 1.29 is 21.7 Å². The van der Waals surface area contributed by atoms with E-state index >= 15 is 0 Å². The summed E-state index contributed by atoms with van der Waals surface area (Å²) in [5.74, 6) is 1.98. The van der Waals surface area contributed by atoms with Gasteiger partial charge in [0.1, 0.15) is 8.07 Å². The maximum atomic E-state index is 3.99. The maximum absolute atomic E-state index is 3.99. The number of rotatable bonds is 9. The zero-order valence-electron chi connectivity index (χ0n) is 26.0. The van der Waals surface area contributed by atoms with Crippen LogP contribution in [-0.2, 0) is 21.7 Å². The smallest absolute Gasteiger partial charge is 0.144 e. The van der Waals surface area contributed by atoms with E-state index in [-0.39, 0.29) is 58.9 Å². The standard InChI is InChI=1S/C36H45Si.3ClH.Ti/c1-9-28(8)35-20-13-21-36(35)37(32-17-10-14-29(22-32)25(2)3,33-18-11-15-30(23-33)26(4)5)34-19-12-16-31(24-34)27(6)7;;;;/h10-12,14-20,22-28H,9,13H2,1-8H3;3*1H;/q-1;;;;. The molecule has 0 saturated heterocycles. The summed E-state index contributed by atoms with van der Waals surface area (Å²) in [6.07, 6.45) is 8.52. The van der Waals surface area contributed by atoms with Crippen molar-refractivity contribution in [1.82, 2.24) is 0 Å². The Hall–Kier alpha value is -1.06. The molecule has 3 aromatic rings. The molecule has 41 heavy (non-hydrogen) atoms. The molecule has 3 aromatic carbocycles. The van der Waals surface area contributed by atoms with Gasteiger partial charge in [-0.15, -0.1) is 43.6 Å². The van der Waals surface area contributed by atoms with E-state index in [1.807, 2.05) is 0 Å². The first-order valence-corrected chi connectivity index (χ1v) is 16.3. The van der Waals surface area contributed by atoms with Crippen molar-refractivity contribution in [3.63, 3.8) is 0 Å². The minimum Gasteiger partial charge on any atom is -0.272 e. The summed E-state index contributed by atoms with van der Waals surface area (Å²) in [5.41, 5.74) is 5.78. The van der Waals surface area contributed by atoms with Crippen LogP contribution in [0.3, 0.4) is 0 Å². The van der Waals surface area contributed by atoms with Gasteiger partial charge in [-0.05, 0) is 50.0 Å². The molecule has 0 aliphatic heterocycles. The van der Waals surface area contributed by atoms with Crippen LogP contribution in [0.15, 0.2) is 89.6 Å². The van der Waals surface area contributed by atoms with E-state index in [1.54, 1.807) is 0 Å². The third-order valence-electron chi connectivity index (χ3n) is 8.37. The third-order valence-corrected chi connectivity index (χ3v) is 13.1. The zero-order valence-corrected chi connectivity index (χ0v) is 31.0. The molecule has 0 spiro atoms. The Morgan fingerprint density at radius 3 is 1.32 bits per heavy atom. The normalized spacial score (nSPS) is 13.4. The molecule has 0 N–H and O–H groups in total. The van der Waals surface area contributed by atoms with Crippen LogP contribution in [0, 0.1) is 12.0 Å². The molecule has 4 rings (SSSR count). The van der Waals surface area contributed by atoms with Crippen molar-refractivity contribution in [2.45, 2.75) is 86.0 Å². The van der Waals surface area contributed by atoms with Gasteiger partial charge in [-0.25, -0.2) is 5.20 Å². The van der Waals surface area contributed by atoms with E-state index < -0.39 is 8.07 Å². The minimum atomic E-state index is -2.63. The van der Waals surface area contributed by atoms with Gasteiger partial charge in [0, 0.05) is 21.7 Å². The molecular weight excluding hydrogens is 615 g/mol. The van der Waals surface area contributed by atoms with Crippen LogP contribution < -0.4 is 15.6 Å². The Balaban J connectivity index is 0.00000400. The minimum absolute atomic E-state index is 0. The van der Waals surface area contributed by atoms with Crippen LogP contribution in [-0.4, -0.2) is 8.07 Å². The number of hydrogen-bond acceptors (Lipinski definition) is 0. The number of allylic oxidation sites excluding steroid dienone is 4. The summed E-state index contributed by atoms with van der Waals surface area (Å²) in [5, 5.41) is 5.95. The molecule has 1 unspecified atom stereocenters. The van der Waals surface area contributed by atoms with Crippen molar-refractivity contribution >= 4 is 60.9 Å². The molecule has 0 bridgehead atoms. The first-order chi connectivity index (χ1) is 17.7. The van der Waals surface area contributed by atoms with Crippen LogP contribution in [0.5, 0.6) is 0 Å². The van der Waals surface area contributed by atoms with Crippen molar-refractivity contribution in [3.8, 4) is 0 Å². The topological polar surface area (TPSA) is 0 Å². The second kappa shape index (κ2) is 17.3. The summed E-state index contributed by atoms with van der Waals surface area (Å²) in [6.45, 7) is 18.6. The Morgan fingerprint density at radius 1 is 0.634 bits per heavy atom. The quantitative estimate of drug-likeness (QED) is 0.122. The average Bonchev–Trinajstić information content (AvgIpc) is 3.39. The fourth-order valence-electron chi connectivity index (χ4n) is 5.81. The second-order valence-electron chi connectivity index (χ2n) is 11.8. The van der Waals surface area contributed by atoms with Crippen LogP contribution in [0.2, 0.25) is 0 Å². The summed E-state index contributed by atoms with van der Waals surface area (Å²) in [6, 6.07) is 28.7. The molecule has 0 fully saturated rings. The number of benzene rings is 3. The van der Waals surface area contributed by atoms with Gasteiger partial charge in [0.15, 0.2) is 0 Å². The van der Waals surface area contributed by atoms with Crippen molar-refractivity contribution in [1.29, 1.82) is 0 Å². The molecule has 0 aromatic heterocycles. The molecule has 1 aliphatic rings. The van der Waals surface area contributed by atoms with Crippen LogP contribution in [0.1, 0.15) is 103 Å². The molecule has 1 aliphatic carbocycles. The first kappa shape index (κ1) is 39.9. The van der Waals surface area contributed by atoms with E-state index in [0.29, 0.717) is 23.7 Å². The van der Waals surface area contributed by atoms with Gasteiger partial charge >= 0.3 is 0 Å². The molecule has 0 nitrogen and oxygen atoms in total. The Bertz CT molecular complexity index is 1180. The fraction of sp³-hybridized carbons (Fsp3) is 0.389. The number of hydrogen-bond donors (Lipinski definition) is 0. The van der Waals surface area contributed by atoms with E-state index in [2.05, 4.69) is 140 Å². The summed E-state index contributed by atoms with van der Waals surface area (Å²) in [4.78, 5) is 0. The maximum Gasteiger partial charge on any atom is 0.144 e. The summed E-state index contributed by atoms with van der Waals surface area (Å²) >= 11 is 0. The zero-order chi connectivity index (χ0) is 26.7. The Kier molecular flexibility index (Phi) is 16.8. The fourth-order valence-corrected chi connectivity index (χ4v) is 11.0. The third kappa shape index (κ3) is 8.11. The van der Waals surface area contributed by atoms with Crippen LogP contribution in [0.4, 0.5) is 0 Å². The van der Waals surface area contributed by atoms with E-state index in [9.17, 15) is 0 Å². The molecule has 0 saturated carbocycles. The molecule has 222 valence electrons. The SMILES string of the molecule is CCC(C)C1=CC[C-]=C1[Si](c1cccc(C(C)C)c1)(c1cccc(C(C)C)c1)c1cccc(C(C)C)c1.Cl.Cl.Cl.[Ti]. The van der Waals surface area contributed by atoms with Crippen LogP contribution in [0.25, 0.3) is 0 Å². The predicted molar refractivity (Wildman–Crippen MR) is 187 cm³/mol. The largest absolute Gasteiger partial charge is 0.272 e. The van der Waals surface area contributed by atoms with E-state index in [4.69, 9.17) is 0 Å². The first-order valence-electron chi connectivity index (χ1n) is 14.3. The van der Waals surface area contributed by atoms with Gasteiger partial charge in [-0.3, -0.25) is 6.08 Å². The molecule has 0 amide bonds. The Morgan fingerprint density at radius 2 is 1.00 bits per heavy atom. The number of halogens is 3.